The summed E-state index contributed by atoms with van der Waals surface area (Å²) >= 11 is 6.85. The van der Waals surface area contributed by atoms with Gasteiger partial charge in [-0.05, 0) is 43.0 Å². The molecule has 0 aliphatic carbocycles. The zero-order chi connectivity index (χ0) is 13.7. The smallest absolute Gasteiger partial charge is 0.251 e. The Bertz CT molecular complexity index is 398. The van der Waals surface area contributed by atoms with Crippen molar-refractivity contribution in [3.05, 3.63) is 33.8 Å². The van der Waals surface area contributed by atoms with Gasteiger partial charge in [-0.2, -0.15) is 0 Å². The van der Waals surface area contributed by atoms with E-state index >= 15 is 0 Å². The van der Waals surface area contributed by atoms with E-state index in [1.807, 2.05) is 25.1 Å². The molecule has 1 unspecified atom stereocenters. The zero-order valence-corrected chi connectivity index (χ0v) is 14.1. The van der Waals surface area contributed by atoms with Crippen LogP contribution in [-0.4, -0.2) is 17.3 Å². The SMILES string of the molecule is Cc1cc(Br)cc(C(=O)NC(CCBr)C(C)C)c1. The molecule has 0 heterocycles. The van der Waals surface area contributed by atoms with E-state index in [0.717, 1.165) is 21.8 Å². The third-order valence-corrected chi connectivity index (χ3v) is 3.76. The fraction of sp³-hybridized carbons (Fsp3) is 0.500. The second kappa shape index (κ2) is 7.29. The monoisotopic (exact) mass is 375 g/mol. The number of carbonyl (C=O) groups is 1. The summed E-state index contributed by atoms with van der Waals surface area (Å²) in [5, 5.41) is 3.99. The molecule has 0 fully saturated rings. The highest BCUT2D eigenvalue weighted by Crippen LogP contribution is 2.16. The topological polar surface area (TPSA) is 29.1 Å². The summed E-state index contributed by atoms with van der Waals surface area (Å²) in [6.45, 7) is 6.24. The van der Waals surface area contributed by atoms with Gasteiger partial charge in [0.05, 0.1) is 0 Å². The van der Waals surface area contributed by atoms with E-state index in [1.165, 1.54) is 0 Å². The van der Waals surface area contributed by atoms with Gasteiger partial charge >= 0.3 is 0 Å². The van der Waals surface area contributed by atoms with Crippen molar-refractivity contribution in [2.75, 3.05) is 5.33 Å². The predicted octanol–water partition coefficient (Wildman–Crippen LogP) is 4.30. The van der Waals surface area contributed by atoms with E-state index in [4.69, 9.17) is 0 Å². The first-order chi connectivity index (χ1) is 8.43. The second-order valence-corrected chi connectivity index (χ2v) is 6.53. The quantitative estimate of drug-likeness (QED) is 0.762. The van der Waals surface area contributed by atoms with Crippen molar-refractivity contribution in [1.29, 1.82) is 0 Å². The summed E-state index contributed by atoms with van der Waals surface area (Å²) in [7, 11) is 0. The summed E-state index contributed by atoms with van der Waals surface area (Å²) < 4.78 is 0.939. The maximum absolute atomic E-state index is 12.2. The van der Waals surface area contributed by atoms with E-state index in [2.05, 4.69) is 51.0 Å². The van der Waals surface area contributed by atoms with Gasteiger partial charge < -0.3 is 5.32 Å². The van der Waals surface area contributed by atoms with Crippen molar-refractivity contribution in [3.63, 3.8) is 0 Å². The highest BCUT2D eigenvalue weighted by Gasteiger charge is 2.16. The number of nitrogens with one attached hydrogen (secondary N) is 1. The number of hydrogen-bond acceptors (Lipinski definition) is 1. The van der Waals surface area contributed by atoms with E-state index in [9.17, 15) is 4.79 Å². The Labute approximate surface area is 126 Å². The fourth-order valence-corrected chi connectivity index (χ4v) is 2.91. The molecular weight excluding hydrogens is 358 g/mol. The van der Waals surface area contributed by atoms with E-state index in [0.29, 0.717) is 11.5 Å². The van der Waals surface area contributed by atoms with Gasteiger partial charge in [-0.15, -0.1) is 0 Å². The molecule has 0 radical (unpaired) electrons. The molecule has 0 aliphatic rings. The summed E-state index contributed by atoms with van der Waals surface area (Å²) in [6, 6.07) is 5.96. The second-order valence-electron chi connectivity index (χ2n) is 4.82. The molecule has 1 atom stereocenters. The van der Waals surface area contributed by atoms with Crippen LogP contribution in [-0.2, 0) is 0 Å². The third kappa shape index (κ3) is 4.73. The van der Waals surface area contributed by atoms with Gasteiger partial charge in [-0.3, -0.25) is 4.79 Å². The Morgan fingerprint density at radius 1 is 1.33 bits per heavy atom. The Morgan fingerprint density at radius 3 is 2.50 bits per heavy atom. The number of alkyl halides is 1. The highest BCUT2D eigenvalue weighted by molar-refractivity contribution is 9.10. The van der Waals surface area contributed by atoms with Gasteiger partial charge in [0, 0.05) is 21.4 Å². The minimum Gasteiger partial charge on any atom is -0.349 e. The van der Waals surface area contributed by atoms with Gasteiger partial charge in [-0.25, -0.2) is 0 Å². The van der Waals surface area contributed by atoms with Crippen molar-refractivity contribution in [1.82, 2.24) is 5.32 Å². The standard InChI is InChI=1S/C14H19Br2NO/c1-9(2)13(4-5-15)17-14(18)11-6-10(3)7-12(16)8-11/h6-9,13H,4-5H2,1-3H3,(H,17,18). The van der Waals surface area contributed by atoms with Crippen LogP contribution in [0.1, 0.15) is 36.2 Å². The van der Waals surface area contributed by atoms with Crippen LogP contribution in [0.5, 0.6) is 0 Å². The summed E-state index contributed by atoms with van der Waals surface area (Å²) in [6.07, 6.45) is 0.941. The van der Waals surface area contributed by atoms with E-state index < -0.39 is 0 Å². The molecule has 2 nitrogen and oxygen atoms in total. The summed E-state index contributed by atoms with van der Waals surface area (Å²) in [4.78, 5) is 12.2. The Kier molecular flexibility index (Phi) is 6.36. The van der Waals surface area contributed by atoms with Crippen LogP contribution in [0.25, 0.3) is 0 Å². The van der Waals surface area contributed by atoms with Crippen LogP contribution in [0.2, 0.25) is 0 Å². The van der Waals surface area contributed by atoms with Crippen molar-refractivity contribution < 1.29 is 4.79 Å². The number of hydrogen-bond donors (Lipinski definition) is 1. The van der Waals surface area contributed by atoms with Crippen LogP contribution < -0.4 is 5.32 Å². The number of benzene rings is 1. The van der Waals surface area contributed by atoms with Crippen LogP contribution >= 0.6 is 31.9 Å². The van der Waals surface area contributed by atoms with Crippen LogP contribution in [0.4, 0.5) is 0 Å². The molecule has 1 N–H and O–H groups in total. The van der Waals surface area contributed by atoms with E-state index in [-0.39, 0.29) is 11.9 Å². The largest absolute Gasteiger partial charge is 0.349 e. The molecule has 1 aromatic rings. The van der Waals surface area contributed by atoms with Gasteiger partial charge in [0.1, 0.15) is 0 Å². The van der Waals surface area contributed by atoms with E-state index in [1.54, 1.807) is 0 Å². The first kappa shape index (κ1) is 15.7. The first-order valence-electron chi connectivity index (χ1n) is 6.08. The Morgan fingerprint density at radius 2 is 2.00 bits per heavy atom. The lowest BCUT2D eigenvalue weighted by Gasteiger charge is -2.21. The molecule has 0 bridgehead atoms. The molecule has 4 heteroatoms. The van der Waals surface area contributed by atoms with Gasteiger partial charge in [0.15, 0.2) is 0 Å². The molecular formula is C14H19Br2NO. The highest BCUT2D eigenvalue weighted by atomic mass is 79.9. The van der Waals surface area contributed by atoms with Crippen molar-refractivity contribution in [2.24, 2.45) is 5.92 Å². The number of aryl methyl sites for hydroxylation is 1. The lowest BCUT2D eigenvalue weighted by molar-refractivity contribution is 0.0925. The maximum Gasteiger partial charge on any atom is 0.251 e. The molecule has 1 amide bonds. The van der Waals surface area contributed by atoms with Gasteiger partial charge in [0.25, 0.3) is 5.91 Å². The molecule has 1 rings (SSSR count). The molecule has 100 valence electrons. The molecule has 0 spiro atoms. The number of halogens is 2. The average Bonchev–Trinajstić information content (AvgIpc) is 2.26. The fourth-order valence-electron chi connectivity index (χ4n) is 1.81. The predicted molar refractivity (Wildman–Crippen MR) is 83.4 cm³/mol. The minimum absolute atomic E-state index is 0.000880. The molecule has 0 aromatic heterocycles. The summed E-state index contributed by atoms with van der Waals surface area (Å²) in [5.41, 5.74) is 1.79. The molecule has 18 heavy (non-hydrogen) atoms. The third-order valence-electron chi connectivity index (χ3n) is 2.85. The van der Waals surface area contributed by atoms with Gasteiger partial charge in [-0.1, -0.05) is 45.7 Å². The molecule has 0 saturated heterocycles. The Balaban J connectivity index is 2.80. The first-order valence-corrected chi connectivity index (χ1v) is 7.99. The number of amides is 1. The average molecular weight is 377 g/mol. The van der Waals surface area contributed by atoms with Crippen LogP contribution in [0.3, 0.4) is 0 Å². The maximum atomic E-state index is 12.2. The molecule has 0 saturated carbocycles. The molecule has 0 aliphatic heterocycles. The van der Waals surface area contributed by atoms with Crippen molar-refractivity contribution in [2.45, 2.75) is 33.2 Å². The Hall–Kier alpha value is -0.350. The van der Waals surface area contributed by atoms with Gasteiger partial charge in [0.2, 0.25) is 0 Å². The van der Waals surface area contributed by atoms with Crippen molar-refractivity contribution in [3.8, 4) is 0 Å². The normalized spacial score (nSPS) is 12.6. The minimum atomic E-state index is -0.000880. The number of carbonyl (C=O) groups excluding carboxylic acids is 1. The molecule has 1 aromatic carbocycles. The van der Waals surface area contributed by atoms with Crippen molar-refractivity contribution >= 4 is 37.8 Å². The summed E-state index contributed by atoms with van der Waals surface area (Å²) in [5.74, 6) is 0.429. The lowest BCUT2D eigenvalue weighted by atomic mass is 10.0. The zero-order valence-electron chi connectivity index (χ0n) is 11.0. The van der Waals surface area contributed by atoms with Crippen LogP contribution in [0, 0.1) is 12.8 Å². The lowest BCUT2D eigenvalue weighted by Crippen LogP contribution is -2.38. The van der Waals surface area contributed by atoms with Crippen LogP contribution in [0.15, 0.2) is 22.7 Å². The number of rotatable bonds is 5.